The minimum absolute atomic E-state index is 0.298. The Hall–Kier alpha value is -2.29. The third kappa shape index (κ3) is 3.35. The number of methoxy groups -OCH3 is 1. The quantitative estimate of drug-likeness (QED) is 0.852. The molecule has 3 heteroatoms. The lowest BCUT2D eigenvalue weighted by Gasteiger charge is -2.18. The van der Waals surface area contributed by atoms with Crippen molar-refractivity contribution in [3.63, 3.8) is 0 Å². The summed E-state index contributed by atoms with van der Waals surface area (Å²) in [5.41, 5.74) is 2.93. The van der Waals surface area contributed by atoms with Crippen LogP contribution in [0.15, 0.2) is 54.6 Å². The van der Waals surface area contributed by atoms with Crippen LogP contribution in [0.1, 0.15) is 17.2 Å². The maximum absolute atomic E-state index is 11.9. The standard InChI is InChI=1S/C16H17NO2/c1-12-7-6-10-14(11-12)17-15(16(18)19-2)13-8-4-3-5-9-13/h3-11,15,17H,1-2H3. The van der Waals surface area contributed by atoms with E-state index in [2.05, 4.69) is 5.32 Å². The molecule has 0 bridgehead atoms. The summed E-state index contributed by atoms with van der Waals surface area (Å²) in [4.78, 5) is 11.9. The van der Waals surface area contributed by atoms with Gasteiger partial charge in [-0.2, -0.15) is 0 Å². The summed E-state index contributed by atoms with van der Waals surface area (Å²) in [7, 11) is 1.40. The minimum Gasteiger partial charge on any atom is -0.467 e. The SMILES string of the molecule is COC(=O)C(Nc1cccc(C)c1)c1ccccc1. The molecule has 0 fully saturated rings. The topological polar surface area (TPSA) is 38.3 Å². The van der Waals surface area contributed by atoms with E-state index in [0.717, 1.165) is 16.8 Å². The summed E-state index contributed by atoms with van der Waals surface area (Å²) < 4.78 is 4.87. The molecule has 0 saturated heterocycles. The van der Waals surface area contributed by atoms with Gasteiger partial charge >= 0.3 is 5.97 Å². The van der Waals surface area contributed by atoms with Gasteiger partial charge in [0.25, 0.3) is 0 Å². The predicted molar refractivity (Wildman–Crippen MR) is 76.0 cm³/mol. The van der Waals surface area contributed by atoms with Gasteiger partial charge in [-0.25, -0.2) is 4.79 Å². The molecule has 1 N–H and O–H groups in total. The monoisotopic (exact) mass is 255 g/mol. The van der Waals surface area contributed by atoms with Crippen LogP contribution >= 0.6 is 0 Å². The molecule has 2 aromatic rings. The second kappa shape index (κ2) is 6.05. The maximum atomic E-state index is 11.9. The van der Waals surface area contributed by atoms with E-state index in [1.54, 1.807) is 0 Å². The van der Waals surface area contributed by atoms with Crippen LogP contribution in [0.5, 0.6) is 0 Å². The summed E-state index contributed by atoms with van der Waals surface area (Å²) >= 11 is 0. The van der Waals surface area contributed by atoms with Crippen LogP contribution in [0.4, 0.5) is 5.69 Å². The smallest absolute Gasteiger partial charge is 0.332 e. The van der Waals surface area contributed by atoms with Gasteiger partial charge < -0.3 is 10.1 Å². The van der Waals surface area contributed by atoms with E-state index >= 15 is 0 Å². The fourth-order valence-corrected chi connectivity index (χ4v) is 1.94. The zero-order valence-corrected chi connectivity index (χ0v) is 11.1. The van der Waals surface area contributed by atoms with Gasteiger partial charge in [0.15, 0.2) is 6.04 Å². The fourth-order valence-electron chi connectivity index (χ4n) is 1.94. The van der Waals surface area contributed by atoms with Crippen molar-refractivity contribution in [2.75, 3.05) is 12.4 Å². The minimum atomic E-state index is -0.493. The summed E-state index contributed by atoms with van der Waals surface area (Å²) in [5.74, 6) is -0.298. The molecule has 0 aliphatic heterocycles. The van der Waals surface area contributed by atoms with Gasteiger partial charge in [0.05, 0.1) is 7.11 Å². The molecule has 0 heterocycles. The molecule has 2 aromatic carbocycles. The number of ether oxygens (including phenoxy) is 1. The number of hydrogen-bond donors (Lipinski definition) is 1. The van der Waals surface area contributed by atoms with Crippen LogP contribution in [0.2, 0.25) is 0 Å². The van der Waals surface area contributed by atoms with Crippen LogP contribution in [-0.4, -0.2) is 13.1 Å². The van der Waals surface area contributed by atoms with Crippen LogP contribution in [-0.2, 0) is 9.53 Å². The van der Waals surface area contributed by atoms with Crippen LogP contribution in [0, 0.1) is 6.92 Å². The Morgan fingerprint density at radius 1 is 1.11 bits per heavy atom. The number of aryl methyl sites for hydroxylation is 1. The first-order valence-electron chi connectivity index (χ1n) is 6.16. The zero-order chi connectivity index (χ0) is 13.7. The lowest BCUT2D eigenvalue weighted by molar-refractivity contribution is -0.141. The first-order chi connectivity index (χ1) is 9.20. The van der Waals surface area contributed by atoms with Crippen molar-refractivity contribution in [1.82, 2.24) is 0 Å². The highest BCUT2D eigenvalue weighted by molar-refractivity contribution is 5.81. The van der Waals surface area contributed by atoms with Crippen molar-refractivity contribution in [2.45, 2.75) is 13.0 Å². The Labute approximate surface area is 113 Å². The number of hydrogen-bond acceptors (Lipinski definition) is 3. The van der Waals surface area contributed by atoms with Crippen LogP contribution < -0.4 is 5.32 Å². The van der Waals surface area contributed by atoms with Crippen molar-refractivity contribution in [3.05, 3.63) is 65.7 Å². The molecule has 1 atom stereocenters. The number of carbonyl (C=O) groups is 1. The van der Waals surface area contributed by atoms with Crippen LogP contribution in [0.3, 0.4) is 0 Å². The molecule has 0 radical (unpaired) electrons. The first kappa shape index (κ1) is 13.1. The van der Waals surface area contributed by atoms with E-state index in [9.17, 15) is 4.79 Å². The van der Waals surface area contributed by atoms with E-state index in [1.807, 2.05) is 61.5 Å². The Morgan fingerprint density at radius 3 is 2.47 bits per heavy atom. The highest BCUT2D eigenvalue weighted by atomic mass is 16.5. The molecule has 2 rings (SSSR count). The van der Waals surface area contributed by atoms with E-state index in [4.69, 9.17) is 4.74 Å². The van der Waals surface area contributed by atoms with E-state index in [1.165, 1.54) is 7.11 Å². The summed E-state index contributed by atoms with van der Waals surface area (Å²) in [6.45, 7) is 2.01. The molecule has 0 aliphatic carbocycles. The largest absolute Gasteiger partial charge is 0.467 e. The molecular formula is C16H17NO2. The molecular weight excluding hydrogens is 238 g/mol. The molecule has 3 nitrogen and oxygen atoms in total. The molecule has 0 spiro atoms. The summed E-state index contributed by atoms with van der Waals surface area (Å²) in [6, 6.07) is 17.0. The van der Waals surface area contributed by atoms with E-state index in [-0.39, 0.29) is 5.97 Å². The second-order valence-corrected chi connectivity index (χ2v) is 4.38. The van der Waals surface area contributed by atoms with E-state index < -0.39 is 6.04 Å². The molecule has 0 saturated carbocycles. The van der Waals surface area contributed by atoms with Crippen molar-refractivity contribution >= 4 is 11.7 Å². The second-order valence-electron chi connectivity index (χ2n) is 4.38. The average Bonchev–Trinajstić information content (AvgIpc) is 2.45. The Morgan fingerprint density at radius 2 is 1.84 bits per heavy atom. The normalized spacial score (nSPS) is 11.7. The molecule has 19 heavy (non-hydrogen) atoms. The molecule has 0 amide bonds. The van der Waals surface area contributed by atoms with Gasteiger partial charge in [-0.1, -0.05) is 42.5 Å². The van der Waals surface area contributed by atoms with E-state index in [0.29, 0.717) is 0 Å². The third-order valence-electron chi connectivity index (χ3n) is 2.90. The van der Waals surface area contributed by atoms with Crippen molar-refractivity contribution in [3.8, 4) is 0 Å². The van der Waals surface area contributed by atoms with Crippen LogP contribution in [0.25, 0.3) is 0 Å². The van der Waals surface area contributed by atoms with Gasteiger partial charge in [-0.05, 0) is 30.2 Å². The number of rotatable bonds is 4. The fraction of sp³-hybridized carbons (Fsp3) is 0.188. The lowest BCUT2D eigenvalue weighted by Crippen LogP contribution is -2.22. The average molecular weight is 255 g/mol. The third-order valence-corrected chi connectivity index (χ3v) is 2.90. The number of nitrogens with one attached hydrogen (secondary N) is 1. The van der Waals surface area contributed by atoms with Crippen molar-refractivity contribution in [1.29, 1.82) is 0 Å². The zero-order valence-electron chi connectivity index (χ0n) is 11.1. The van der Waals surface area contributed by atoms with Gasteiger partial charge in [-0.15, -0.1) is 0 Å². The first-order valence-corrected chi connectivity index (χ1v) is 6.16. The van der Waals surface area contributed by atoms with Gasteiger partial charge in [0.1, 0.15) is 0 Å². The van der Waals surface area contributed by atoms with Gasteiger partial charge in [0.2, 0.25) is 0 Å². The number of carbonyl (C=O) groups excluding carboxylic acids is 1. The maximum Gasteiger partial charge on any atom is 0.332 e. The Bertz CT molecular complexity index is 552. The Balaban J connectivity index is 2.27. The summed E-state index contributed by atoms with van der Waals surface area (Å²) in [6.07, 6.45) is 0. The number of esters is 1. The van der Waals surface area contributed by atoms with Gasteiger partial charge in [-0.3, -0.25) is 0 Å². The van der Waals surface area contributed by atoms with Crippen molar-refractivity contribution in [2.24, 2.45) is 0 Å². The Kier molecular flexibility index (Phi) is 4.18. The summed E-state index contributed by atoms with van der Waals surface area (Å²) in [5, 5.41) is 3.21. The highest BCUT2D eigenvalue weighted by Crippen LogP contribution is 2.21. The molecule has 1 unspecified atom stereocenters. The predicted octanol–water partition coefficient (Wildman–Crippen LogP) is 3.32. The van der Waals surface area contributed by atoms with Gasteiger partial charge in [0, 0.05) is 5.69 Å². The molecule has 0 aromatic heterocycles. The highest BCUT2D eigenvalue weighted by Gasteiger charge is 2.20. The van der Waals surface area contributed by atoms with Crippen molar-refractivity contribution < 1.29 is 9.53 Å². The number of benzene rings is 2. The molecule has 0 aliphatic rings. The number of anilines is 1. The lowest BCUT2D eigenvalue weighted by atomic mass is 10.1. The molecule has 98 valence electrons.